The molecule has 1 aliphatic carbocycles. The Hall–Kier alpha value is -2.79. The van der Waals surface area contributed by atoms with Gasteiger partial charge in [-0.05, 0) is 50.8 Å². The van der Waals surface area contributed by atoms with E-state index in [1.165, 1.54) is 12.1 Å². The Balaban J connectivity index is 1.58. The number of hydrogen-bond donors (Lipinski definition) is 3. The van der Waals surface area contributed by atoms with Gasteiger partial charge in [-0.1, -0.05) is 0 Å². The van der Waals surface area contributed by atoms with Crippen molar-refractivity contribution in [3.8, 4) is 0 Å². The number of anilines is 3. The second-order valence-corrected chi connectivity index (χ2v) is 11.2. The summed E-state index contributed by atoms with van der Waals surface area (Å²) in [5.74, 6) is 0.574. The van der Waals surface area contributed by atoms with Gasteiger partial charge in [0.1, 0.15) is 5.82 Å². The summed E-state index contributed by atoms with van der Waals surface area (Å²) in [6, 6.07) is 4.68. The van der Waals surface area contributed by atoms with Crippen molar-refractivity contribution in [3.05, 3.63) is 29.7 Å². The van der Waals surface area contributed by atoms with Crippen LogP contribution in [0.25, 0.3) is 10.9 Å². The van der Waals surface area contributed by atoms with E-state index in [2.05, 4.69) is 25.5 Å². The van der Waals surface area contributed by atoms with E-state index in [1.807, 2.05) is 11.8 Å². The van der Waals surface area contributed by atoms with Gasteiger partial charge in [0.15, 0.2) is 21.5 Å². The zero-order valence-corrected chi connectivity index (χ0v) is 18.8. The van der Waals surface area contributed by atoms with Gasteiger partial charge in [0.05, 0.1) is 16.1 Å². The number of sulfone groups is 1. The van der Waals surface area contributed by atoms with Crippen molar-refractivity contribution in [1.29, 1.82) is 0 Å². The van der Waals surface area contributed by atoms with Gasteiger partial charge < -0.3 is 16.0 Å². The maximum absolute atomic E-state index is 14.9. The van der Waals surface area contributed by atoms with E-state index in [0.717, 1.165) is 31.9 Å². The third kappa shape index (κ3) is 4.02. The first-order valence-electron chi connectivity index (χ1n) is 10.7. The maximum Gasteiger partial charge on any atom is 0.227 e. The minimum Gasteiger partial charge on any atom is -0.341 e. The molecule has 0 unspecified atom stereocenters. The standard InChI is InChI=1S/C21H26FN7O2S/c1-21(23)7-9-29(10-8-21)20-24-15-6-5-13(32(2,30)31)11-14(15)18(26-20)25-19-16(22)17(27-28-19)12-3-4-12/h5-6,11-12H,3-4,7-10,23H2,1-2H3,(H2,24,25,26,27,28). The fourth-order valence-electron chi connectivity index (χ4n) is 3.96. The second kappa shape index (κ2) is 7.38. The molecule has 0 spiro atoms. The van der Waals surface area contributed by atoms with Crippen LogP contribution < -0.4 is 16.0 Å². The van der Waals surface area contributed by atoms with Crippen LogP contribution in [-0.4, -0.2) is 53.5 Å². The van der Waals surface area contributed by atoms with Crippen LogP contribution in [0.4, 0.5) is 22.0 Å². The first-order chi connectivity index (χ1) is 15.1. The molecule has 2 fully saturated rings. The van der Waals surface area contributed by atoms with E-state index in [0.29, 0.717) is 41.5 Å². The molecule has 4 N–H and O–H groups in total. The Kier molecular flexibility index (Phi) is 4.86. The number of nitrogens with two attached hydrogens (primary N) is 1. The number of piperidine rings is 1. The average molecular weight is 460 g/mol. The molecular formula is C21H26FN7O2S. The summed E-state index contributed by atoms with van der Waals surface area (Å²) in [7, 11) is -3.44. The van der Waals surface area contributed by atoms with Gasteiger partial charge in [0.25, 0.3) is 0 Å². The van der Waals surface area contributed by atoms with Gasteiger partial charge in [-0.3, -0.25) is 5.10 Å². The van der Waals surface area contributed by atoms with Crippen LogP contribution >= 0.6 is 0 Å². The maximum atomic E-state index is 14.9. The van der Waals surface area contributed by atoms with Crippen molar-refractivity contribution in [1.82, 2.24) is 20.2 Å². The molecule has 2 aliphatic rings. The van der Waals surface area contributed by atoms with Crippen molar-refractivity contribution in [2.75, 3.05) is 29.6 Å². The quantitative estimate of drug-likeness (QED) is 0.531. The highest BCUT2D eigenvalue weighted by Gasteiger charge is 2.31. The van der Waals surface area contributed by atoms with Crippen LogP contribution in [-0.2, 0) is 9.84 Å². The van der Waals surface area contributed by atoms with Gasteiger partial charge in [0.2, 0.25) is 5.95 Å². The van der Waals surface area contributed by atoms with Crippen LogP contribution in [0.2, 0.25) is 0 Å². The molecule has 1 saturated carbocycles. The number of aromatic nitrogens is 4. The molecule has 0 amide bonds. The highest BCUT2D eigenvalue weighted by Crippen LogP contribution is 2.41. The lowest BCUT2D eigenvalue weighted by atomic mass is 9.91. The predicted octanol–water partition coefficient (Wildman–Crippen LogP) is 2.83. The molecule has 11 heteroatoms. The average Bonchev–Trinajstić information content (AvgIpc) is 3.51. The molecule has 3 aromatic rings. The van der Waals surface area contributed by atoms with Gasteiger partial charge in [0, 0.05) is 36.2 Å². The Morgan fingerprint density at radius 3 is 2.59 bits per heavy atom. The third-order valence-corrected chi connectivity index (χ3v) is 7.34. The fourth-order valence-corrected chi connectivity index (χ4v) is 4.61. The van der Waals surface area contributed by atoms with Crippen molar-refractivity contribution in [3.63, 3.8) is 0 Å². The minimum atomic E-state index is -3.44. The molecule has 1 aromatic carbocycles. The van der Waals surface area contributed by atoms with Crippen LogP contribution in [0, 0.1) is 5.82 Å². The summed E-state index contributed by atoms with van der Waals surface area (Å²) in [5.41, 5.74) is 7.08. The first-order valence-corrected chi connectivity index (χ1v) is 12.6. The summed E-state index contributed by atoms with van der Waals surface area (Å²) in [6.45, 7) is 3.42. The molecule has 170 valence electrons. The number of halogens is 1. The number of hydrogen-bond acceptors (Lipinski definition) is 8. The smallest absolute Gasteiger partial charge is 0.227 e. The van der Waals surface area contributed by atoms with Gasteiger partial charge >= 0.3 is 0 Å². The minimum absolute atomic E-state index is 0.0378. The van der Waals surface area contributed by atoms with Crippen LogP contribution in [0.5, 0.6) is 0 Å². The van der Waals surface area contributed by atoms with Crippen molar-refractivity contribution in [2.45, 2.75) is 49.0 Å². The second-order valence-electron chi connectivity index (χ2n) is 9.16. The topological polar surface area (TPSA) is 130 Å². The Morgan fingerprint density at radius 2 is 1.94 bits per heavy atom. The molecule has 5 rings (SSSR count). The lowest BCUT2D eigenvalue weighted by molar-refractivity contribution is 0.362. The third-order valence-electron chi connectivity index (χ3n) is 6.23. The molecule has 3 heterocycles. The van der Waals surface area contributed by atoms with Crippen molar-refractivity contribution < 1.29 is 12.8 Å². The molecule has 0 radical (unpaired) electrons. The molecular weight excluding hydrogens is 433 g/mol. The summed E-state index contributed by atoms with van der Waals surface area (Å²) >= 11 is 0. The predicted molar refractivity (Wildman–Crippen MR) is 120 cm³/mol. The summed E-state index contributed by atoms with van der Waals surface area (Å²) in [5, 5.41) is 10.3. The van der Waals surface area contributed by atoms with Gasteiger partial charge in [-0.2, -0.15) is 10.1 Å². The zero-order valence-electron chi connectivity index (χ0n) is 18.0. The van der Waals surface area contributed by atoms with E-state index in [-0.39, 0.29) is 22.2 Å². The summed E-state index contributed by atoms with van der Waals surface area (Å²) in [4.78, 5) is 11.5. The van der Waals surface area contributed by atoms with E-state index in [4.69, 9.17) is 5.73 Å². The molecule has 1 saturated heterocycles. The van der Waals surface area contributed by atoms with Crippen molar-refractivity contribution in [2.24, 2.45) is 5.73 Å². The Labute approximate surface area is 185 Å². The number of rotatable bonds is 5. The van der Waals surface area contributed by atoms with Crippen molar-refractivity contribution >= 4 is 38.3 Å². The molecule has 0 bridgehead atoms. The van der Waals surface area contributed by atoms with Crippen LogP contribution in [0.1, 0.15) is 44.2 Å². The summed E-state index contributed by atoms with van der Waals surface area (Å²) < 4.78 is 39.1. The Bertz CT molecular complexity index is 1290. The number of fused-ring (bicyclic) bond motifs is 1. The Morgan fingerprint density at radius 1 is 1.22 bits per heavy atom. The van der Waals surface area contributed by atoms with Crippen LogP contribution in [0.3, 0.4) is 0 Å². The van der Waals surface area contributed by atoms with Gasteiger partial charge in [-0.25, -0.2) is 17.8 Å². The fraction of sp³-hybridized carbons (Fsp3) is 0.476. The number of nitrogens with one attached hydrogen (secondary N) is 2. The monoisotopic (exact) mass is 459 g/mol. The highest BCUT2D eigenvalue weighted by atomic mass is 32.2. The number of H-pyrrole nitrogens is 1. The number of benzene rings is 1. The highest BCUT2D eigenvalue weighted by molar-refractivity contribution is 7.90. The van der Waals surface area contributed by atoms with Crippen LogP contribution in [0.15, 0.2) is 23.1 Å². The number of nitrogens with zero attached hydrogens (tertiary/aromatic N) is 4. The van der Waals surface area contributed by atoms with E-state index < -0.39 is 15.7 Å². The molecule has 2 aromatic heterocycles. The lowest BCUT2D eigenvalue weighted by Gasteiger charge is -2.36. The molecule has 9 nitrogen and oxygen atoms in total. The molecule has 1 aliphatic heterocycles. The lowest BCUT2D eigenvalue weighted by Crippen LogP contribution is -2.48. The van der Waals surface area contributed by atoms with E-state index in [1.54, 1.807) is 6.07 Å². The zero-order chi connectivity index (χ0) is 22.7. The first kappa shape index (κ1) is 21.1. The van der Waals surface area contributed by atoms with Gasteiger partial charge in [-0.15, -0.1) is 0 Å². The number of aromatic amines is 1. The largest absolute Gasteiger partial charge is 0.341 e. The SMILES string of the molecule is CC1(N)CCN(c2nc(Nc3n[nH]c(C4CC4)c3F)c3cc(S(C)(=O)=O)ccc3n2)CC1. The van der Waals surface area contributed by atoms with E-state index in [9.17, 15) is 12.8 Å². The molecule has 0 atom stereocenters. The molecule has 32 heavy (non-hydrogen) atoms. The normalized spacial score (nSPS) is 18.8. The summed E-state index contributed by atoms with van der Waals surface area (Å²) in [6.07, 6.45) is 4.60. The van der Waals surface area contributed by atoms with E-state index >= 15 is 0 Å².